The van der Waals surface area contributed by atoms with Gasteiger partial charge < -0.3 is 15.2 Å². The molecule has 3 heteroatoms. The first-order valence-corrected chi connectivity index (χ1v) is 3.44. The fourth-order valence-electron chi connectivity index (χ4n) is 1.27. The second-order valence-electron chi connectivity index (χ2n) is 2.40. The van der Waals surface area contributed by atoms with Crippen LogP contribution in [0.25, 0.3) is 5.32 Å². The smallest absolute Gasteiger partial charge is 0.00915 e. The van der Waals surface area contributed by atoms with Crippen molar-refractivity contribution in [3.05, 3.63) is 5.32 Å². The molecular weight excluding hydrogens is 114 g/mol. The molecule has 1 saturated heterocycles. The summed E-state index contributed by atoms with van der Waals surface area (Å²) in [5.74, 6) is 1.00. The molecule has 0 aromatic rings. The molecule has 2 heterocycles. The Bertz CT molecular complexity index is 141. The highest BCUT2D eigenvalue weighted by molar-refractivity contribution is 5.94. The second-order valence-corrected chi connectivity index (χ2v) is 2.40. The van der Waals surface area contributed by atoms with E-state index in [0.717, 1.165) is 25.6 Å². The van der Waals surface area contributed by atoms with E-state index in [0.29, 0.717) is 0 Å². The van der Waals surface area contributed by atoms with Crippen LogP contribution in [0.2, 0.25) is 0 Å². The Labute approximate surface area is 54.8 Å². The lowest BCUT2D eigenvalue weighted by Gasteiger charge is -2.33. The van der Waals surface area contributed by atoms with E-state index in [-0.39, 0.29) is 0 Å². The first-order chi connectivity index (χ1) is 4.47. The predicted octanol–water partition coefficient (Wildman–Crippen LogP) is 0.435. The number of aliphatic imine (C=N–C) groups is 1. The third-order valence-electron chi connectivity index (χ3n) is 1.75. The van der Waals surface area contributed by atoms with Gasteiger partial charge in [0.1, 0.15) is 0 Å². The van der Waals surface area contributed by atoms with Gasteiger partial charge >= 0.3 is 0 Å². The zero-order valence-electron chi connectivity index (χ0n) is 5.38. The third kappa shape index (κ3) is 0.763. The largest absolute Gasteiger partial charge is 0.426 e. The Morgan fingerprint density at radius 2 is 2.44 bits per heavy atom. The highest BCUT2D eigenvalue weighted by Crippen LogP contribution is 2.13. The highest BCUT2D eigenvalue weighted by atomic mass is 15.3. The van der Waals surface area contributed by atoms with Gasteiger partial charge in [0, 0.05) is 5.96 Å². The third-order valence-corrected chi connectivity index (χ3v) is 1.75. The van der Waals surface area contributed by atoms with Gasteiger partial charge in [-0.25, -0.2) is 0 Å². The molecule has 0 N–H and O–H groups in total. The van der Waals surface area contributed by atoms with Crippen molar-refractivity contribution in [2.24, 2.45) is 4.99 Å². The van der Waals surface area contributed by atoms with Gasteiger partial charge in [0.2, 0.25) is 0 Å². The summed E-state index contributed by atoms with van der Waals surface area (Å²) >= 11 is 0. The molecule has 9 heavy (non-hydrogen) atoms. The van der Waals surface area contributed by atoms with Crippen LogP contribution in [0.1, 0.15) is 6.42 Å². The van der Waals surface area contributed by atoms with Gasteiger partial charge in [-0.2, -0.15) is 0 Å². The van der Waals surface area contributed by atoms with Gasteiger partial charge in [0.15, 0.2) is 0 Å². The molecule has 3 nitrogen and oxygen atoms in total. The lowest BCUT2D eigenvalue weighted by atomic mass is 10.3. The van der Waals surface area contributed by atoms with Crippen molar-refractivity contribution in [2.45, 2.75) is 6.42 Å². The average Bonchev–Trinajstić information content (AvgIpc) is 2.33. The molecule has 0 amide bonds. The van der Waals surface area contributed by atoms with Crippen molar-refractivity contribution in [3.8, 4) is 0 Å². The summed E-state index contributed by atoms with van der Waals surface area (Å²) in [7, 11) is 0. The molecule has 1 fully saturated rings. The van der Waals surface area contributed by atoms with Gasteiger partial charge in [-0.1, -0.05) is 0 Å². The fraction of sp³-hybridized carbons (Fsp3) is 0.833. The highest BCUT2D eigenvalue weighted by Gasteiger charge is 2.09. The van der Waals surface area contributed by atoms with Crippen molar-refractivity contribution in [2.75, 3.05) is 26.2 Å². The summed E-state index contributed by atoms with van der Waals surface area (Å²) < 4.78 is 0. The first kappa shape index (κ1) is 5.09. The van der Waals surface area contributed by atoms with Crippen molar-refractivity contribution in [1.82, 2.24) is 4.90 Å². The van der Waals surface area contributed by atoms with E-state index in [1.165, 1.54) is 13.0 Å². The number of fused-ring (bicyclic) bond motifs is 1. The molecule has 0 aliphatic carbocycles. The maximum absolute atomic E-state index is 4.27. The van der Waals surface area contributed by atoms with E-state index in [4.69, 9.17) is 0 Å². The minimum atomic E-state index is 0.957. The Morgan fingerprint density at radius 1 is 1.44 bits per heavy atom. The summed E-state index contributed by atoms with van der Waals surface area (Å²) in [6.07, 6.45) is 1.21. The van der Waals surface area contributed by atoms with Crippen LogP contribution in [0, 0.1) is 0 Å². The van der Waals surface area contributed by atoms with Crippen LogP contribution in [0.5, 0.6) is 0 Å². The molecule has 0 unspecified atom stereocenters. The Balaban J connectivity index is 2.09. The topological polar surface area (TPSA) is 29.7 Å². The molecule has 0 atom stereocenters. The van der Waals surface area contributed by atoms with Crippen molar-refractivity contribution >= 4 is 5.96 Å². The molecule has 2 aliphatic rings. The predicted molar refractivity (Wildman–Crippen MR) is 36.7 cm³/mol. The normalized spacial score (nSPS) is 24.9. The van der Waals surface area contributed by atoms with Crippen LogP contribution in [0.3, 0.4) is 0 Å². The van der Waals surface area contributed by atoms with E-state index < -0.39 is 0 Å². The van der Waals surface area contributed by atoms with Crippen LogP contribution < -0.4 is 0 Å². The fourth-order valence-corrected chi connectivity index (χ4v) is 1.27. The van der Waals surface area contributed by atoms with Gasteiger partial charge in [-0.3, -0.25) is 0 Å². The number of guanidine groups is 1. The zero-order chi connectivity index (χ0) is 6.10. The van der Waals surface area contributed by atoms with Crippen molar-refractivity contribution in [3.63, 3.8) is 0 Å². The van der Waals surface area contributed by atoms with Crippen LogP contribution >= 0.6 is 0 Å². The second kappa shape index (κ2) is 1.90. The number of rotatable bonds is 0. The van der Waals surface area contributed by atoms with E-state index in [9.17, 15) is 0 Å². The lowest BCUT2D eigenvalue weighted by molar-refractivity contribution is 0.437. The summed E-state index contributed by atoms with van der Waals surface area (Å²) in [6, 6.07) is 0. The lowest BCUT2D eigenvalue weighted by Crippen LogP contribution is -2.32. The quantitative estimate of drug-likeness (QED) is 0.460. The van der Waals surface area contributed by atoms with Gasteiger partial charge in [-0.15, -0.1) is 0 Å². The van der Waals surface area contributed by atoms with Gasteiger partial charge in [-0.05, 0) is 32.6 Å². The maximum atomic E-state index is 4.27. The van der Waals surface area contributed by atoms with Crippen molar-refractivity contribution in [1.29, 1.82) is 0 Å². The van der Waals surface area contributed by atoms with Crippen LogP contribution in [0.15, 0.2) is 4.99 Å². The van der Waals surface area contributed by atoms with E-state index in [1.54, 1.807) is 0 Å². The monoisotopic (exact) mass is 124 g/mol. The SMILES string of the molecule is C1C[N-]C2=NCCN2C1. The number of hydrogen-bond acceptors (Lipinski definition) is 2. The minimum Gasteiger partial charge on any atom is -0.426 e. The number of nitrogens with zero attached hydrogens (tertiary/aromatic N) is 3. The molecule has 50 valence electrons. The molecule has 0 radical (unpaired) electrons. The van der Waals surface area contributed by atoms with Gasteiger partial charge in [0.25, 0.3) is 0 Å². The molecule has 0 aromatic heterocycles. The molecular formula is C6H10N3-. The Kier molecular flexibility index (Phi) is 1.07. The van der Waals surface area contributed by atoms with Crippen LogP contribution in [0.4, 0.5) is 0 Å². The summed E-state index contributed by atoms with van der Waals surface area (Å²) in [5, 5.41) is 4.27. The molecule has 0 aromatic carbocycles. The summed E-state index contributed by atoms with van der Waals surface area (Å²) in [5.41, 5.74) is 0. The number of hydrogen-bond donors (Lipinski definition) is 0. The molecule has 0 spiro atoms. The Morgan fingerprint density at radius 3 is 3.33 bits per heavy atom. The van der Waals surface area contributed by atoms with E-state index in [1.807, 2.05) is 0 Å². The average molecular weight is 124 g/mol. The van der Waals surface area contributed by atoms with Crippen LogP contribution in [-0.4, -0.2) is 37.0 Å². The molecule has 2 rings (SSSR count). The van der Waals surface area contributed by atoms with Crippen LogP contribution in [-0.2, 0) is 0 Å². The van der Waals surface area contributed by atoms with E-state index >= 15 is 0 Å². The zero-order valence-corrected chi connectivity index (χ0v) is 5.38. The molecule has 0 bridgehead atoms. The molecule has 0 saturated carbocycles. The van der Waals surface area contributed by atoms with Gasteiger partial charge in [0.05, 0.1) is 0 Å². The standard InChI is InChI=1S/C6H10N3/c1-2-7-6-8-3-5-9(6)4-1/h1-5H2/q-1. The molecule has 2 aliphatic heterocycles. The minimum absolute atomic E-state index is 0.957. The first-order valence-electron chi connectivity index (χ1n) is 3.44. The Hall–Kier alpha value is -0.730. The summed E-state index contributed by atoms with van der Waals surface area (Å²) in [6.45, 7) is 4.20. The van der Waals surface area contributed by atoms with Crippen molar-refractivity contribution < 1.29 is 0 Å². The summed E-state index contributed by atoms with van der Waals surface area (Å²) in [4.78, 5) is 6.49. The maximum Gasteiger partial charge on any atom is 0.00915 e. The van der Waals surface area contributed by atoms with E-state index in [2.05, 4.69) is 15.2 Å².